The van der Waals surface area contributed by atoms with E-state index in [0.29, 0.717) is 26.2 Å². The average Bonchev–Trinajstić information content (AvgIpc) is 3.34. The molecule has 6 aromatic rings. The minimum absolute atomic E-state index is 0.0764. The van der Waals surface area contributed by atoms with Crippen molar-refractivity contribution in [1.82, 2.24) is 0 Å². The highest BCUT2D eigenvalue weighted by Crippen LogP contribution is 2.35. The lowest BCUT2D eigenvalue weighted by Gasteiger charge is -2.48. The summed E-state index contributed by atoms with van der Waals surface area (Å²) < 4.78 is 60.3. The maximum Gasteiger partial charge on any atom is 0.187 e. The molecule has 6 aromatic carbocycles. The second-order valence-corrected chi connectivity index (χ2v) is 16.1. The summed E-state index contributed by atoms with van der Waals surface area (Å²) in [7, 11) is 0. The Kier molecular flexibility index (Phi) is 17.3. The van der Waals surface area contributed by atoms with Crippen LogP contribution >= 0.6 is 0 Å². The van der Waals surface area contributed by atoms with E-state index in [4.69, 9.17) is 42.6 Å². The van der Waals surface area contributed by atoms with Crippen molar-refractivity contribution >= 4 is 0 Å². The van der Waals surface area contributed by atoms with Crippen LogP contribution in [0.1, 0.15) is 39.8 Å². The lowest BCUT2D eigenvalue weighted by Crippen LogP contribution is -2.64. The van der Waals surface area contributed by atoms with Crippen molar-refractivity contribution in [3.63, 3.8) is 0 Å². The van der Waals surface area contributed by atoms with Crippen LogP contribution in [0.15, 0.2) is 182 Å². The maximum atomic E-state index is 11.8. The van der Waals surface area contributed by atoms with Crippen molar-refractivity contribution in [1.29, 1.82) is 0 Å². The number of rotatable bonds is 22. The molecular formula is C54H58O10. The molecule has 0 aromatic heterocycles. The molecule has 2 aliphatic rings. The van der Waals surface area contributed by atoms with E-state index < -0.39 is 55.3 Å². The van der Waals surface area contributed by atoms with E-state index in [0.717, 1.165) is 33.4 Å². The number of ether oxygens (including phenoxy) is 9. The van der Waals surface area contributed by atoms with Gasteiger partial charge in [-0.05, 0) is 33.4 Å². The molecule has 0 amide bonds. The van der Waals surface area contributed by atoms with E-state index in [1.165, 1.54) is 0 Å². The van der Waals surface area contributed by atoms with Crippen LogP contribution in [-0.2, 0) is 82.3 Å². The normalized spacial score (nSPS) is 24.6. The van der Waals surface area contributed by atoms with Crippen molar-refractivity contribution < 1.29 is 47.7 Å². The van der Waals surface area contributed by atoms with Gasteiger partial charge in [0.05, 0.1) is 65.1 Å². The van der Waals surface area contributed by atoms with Crippen LogP contribution < -0.4 is 0 Å². The lowest BCUT2D eigenvalue weighted by atomic mass is 9.97. The molecule has 0 unspecified atom stereocenters. The first-order valence-corrected chi connectivity index (χ1v) is 22.1. The monoisotopic (exact) mass is 866 g/mol. The Morgan fingerprint density at radius 3 is 1.22 bits per heavy atom. The quantitative estimate of drug-likeness (QED) is 0.0712. The number of aliphatic hydroxyl groups is 1. The zero-order chi connectivity index (χ0) is 43.6. The van der Waals surface area contributed by atoms with Crippen molar-refractivity contribution in [2.45, 2.75) is 101 Å². The largest absolute Gasteiger partial charge is 0.374 e. The molecule has 10 nitrogen and oxygen atoms in total. The zero-order valence-electron chi connectivity index (χ0n) is 36.0. The third kappa shape index (κ3) is 13.5. The summed E-state index contributed by atoms with van der Waals surface area (Å²) in [5.74, 6) is 0. The predicted octanol–water partition coefficient (Wildman–Crippen LogP) is 8.98. The van der Waals surface area contributed by atoms with Gasteiger partial charge in [-0.25, -0.2) is 0 Å². The van der Waals surface area contributed by atoms with Crippen LogP contribution in [0.5, 0.6) is 0 Å². The fraction of sp³-hybridized carbons (Fsp3) is 0.333. The molecular weight excluding hydrogens is 809 g/mol. The molecule has 0 bridgehead atoms. The van der Waals surface area contributed by atoms with Gasteiger partial charge in [-0.3, -0.25) is 0 Å². The van der Waals surface area contributed by atoms with Gasteiger partial charge in [-0.1, -0.05) is 182 Å². The van der Waals surface area contributed by atoms with Gasteiger partial charge in [0.1, 0.15) is 30.5 Å². The van der Waals surface area contributed by atoms with Crippen molar-refractivity contribution in [2.75, 3.05) is 13.2 Å². The molecule has 2 aliphatic heterocycles. The van der Waals surface area contributed by atoms with Gasteiger partial charge in [-0.2, -0.15) is 0 Å². The first-order valence-electron chi connectivity index (χ1n) is 22.1. The summed E-state index contributed by atoms with van der Waals surface area (Å²) in [5, 5.41) is 11.8. The maximum absolute atomic E-state index is 11.8. The highest BCUT2D eigenvalue weighted by Gasteiger charge is 2.51. The third-order valence-corrected chi connectivity index (χ3v) is 11.3. The Bertz CT molecular complexity index is 2170. The molecule has 9 atom stereocenters. The van der Waals surface area contributed by atoms with E-state index in [1.54, 1.807) is 0 Å². The first-order chi connectivity index (χ1) is 31.6. The van der Waals surface area contributed by atoms with Crippen LogP contribution in [-0.4, -0.2) is 73.6 Å². The standard InChI is InChI=1S/C54H58O10/c55-53-52(61-37-45-29-17-6-18-30-45)51(60-36-44-27-15-5-16-28-44)49(48(63-53)39-57-33-41-21-9-2-10-22-41)64-54-50(59-35-43-25-13-4-14-26-43)47(58-34-42-23-11-3-12-24-42)31-46(62-54)38-56-32-40-19-7-1-8-20-40/h1-30,46-55H,31-39H2/t46-,47-,48+,49+,50+,51-,52+,53+,54+/m0/s1. The number of hydrogen-bond acceptors (Lipinski definition) is 10. The minimum Gasteiger partial charge on any atom is -0.374 e. The topological polar surface area (TPSA) is 103 Å². The fourth-order valence-corrected chi connectivity index (χ4v) is 8.00. The van der Waals surface area contributed by atoms with Gasteiger partial charge in [0.15, 0.2) is 12.6 Å². The highest BCUT2D eigenvalue weighted by molar-refractivity contribution is 5.18. The molecule has 64 heavy (non-hydrogen) atoms. The molecule has 0 spiro atoms. The number of aliphatic hydroxyl groups excluding tert-OH is 1. The molecule has 0 aliphatic carbocycles. The van der Waals surface area contributed by atoms with Crippen LogP contribution in [0.4, 0.5) is 0 Å². The molecule has 10 heteroatoms. The molecule has 1 N–H and O–H groups in total. The Labute approximate surface area is 376 Å². The van der Waals surface area contributed by atoms with Gasteiger partial charge in [0.25, 0.3) is 0 Å². The van der Waals surface area contributed by atoms with E-state index in [1.807, 2.05) is 182 Å². The number of benzene rings is 6. The van der Waals surface area contributed by atoms with Crippen LogP contribution in [0.25, 0.3) is 0 Å². The summed E-state index contributed by atoms with van der Waals surface area (Å²) in [5.41, 5.74) is 5.96. The lowest BCUT2D eigenvalue weighted by molar-refractivity contribution is -0.362. The summed E-state index contributed by atoms with van der Waals surface area (Å²) >= 11 is 0. The van der Waals surface area contributed by atoms with Crippen molar-refractivity contribution in [3.05, 3.63) is 215 Å². The SMILES string of the molecule is O[C@@H]1O[C@H](COCc2ccccc2)[C@@H](O[C@H]2O[C@H](COCc3ccccc3)C[C@H](OCc3ccccc3)[C@H]2OCc2ccccc2)[C@H](OCc2ccccc2)[C@H]1OCc1ccccc1. The smallest absolute Gasteiger partial charge is 0.187 e. The molecule has 2 saturated heterocycles. The number of hydrogen-bond donors (Lipinski definition) is 1. The second kappa shape index (κ2) is 24.3. The van der Waals surface area contributed by atoms with Crippen molar-refractivity contribution in [3.8, 4) is 0 Å². The van der Waals surface area contributed by atoms with Crippen LogP contribution in [0.2, 0.25) is 0 Å². The molecule has 0 saturated carbocycles. The molecule has 2 fully saturated rings. The van der Waals surface area contributed by atoms with Gasteiger partial charge >= 0.3 is 0 Å². The van der Waals surface area contributed by atoms with E-state index in [2.05, 4.69) is 0 Å². The molecule has 0 radical (unpaired) electrons. The summed E-state index contributed by atoms with van der Waals surface area (Å²) in [6.45, 7) is 2.17. The summed E-state index contributed by atoms with van der Waals surface area (Å²) in [6.07, 6.45) is -6.98. The fourth-order valence-electron chi connectivity index (χ4n) is 8.00. The average molecular weight is 867 g/mol. The van der Waals surface area contributed by atoms with Gasteiger partial charge in [0, 0.05) is 6.42 Å². The van der Waals surface area contributed by atoms with Crippen LogP contribution in [0, 0.1) is 0 Å². The molecule has 8 rings (SSSR count). The minimum atomic E-state index is -1.37. The Morgan fingerprint density at radius 1 is 0.391 bits per heavy atom. The summed E-state index contributed by atoms with van der Waals surface area (Å²) in [6, 6.07) is 59.8. The first kappa shape index (κ1) is 45.5. The van der Waals surface area contributed by atoms with E-state index in [9.17, 15) is 5.11 Å². The Balaban J connectivity index is 1.12. The highest BCUT2D eigenvalue weighted by atomic mass is 16.7. The second-order valence-electron chi connectivity index (χ2n) is 16.1. The van der Waals surface area contributed by atoms with Gasteiger partial charge in [0.2, 0.25) is 0 Å². The summed E-state index contributed by atoms with van der Waals surface area (Å²) in [4.78, 5) is 0. The predicted molar refractivity (Wildman–Crippen MR) is 241 cm³/mol. The molecule has 2 heterocycles. The van der Waals surface area contributed by atoms with Gasteiger partial charge < -0.3 is 47.7 Å². The Hall–Kier alpha value is -5.08. The van der Waals surface area contributed by atoms with E-state index >= 15 is 0 Å². The van der Waals surface area contributed by atoms with Crippen LogP contribution in [0.3, 0.4) is 0 Å². The van der Waals surface area contributed by atoms with Crippen molar-refractivity contribution in [2.24, 2.45) is 0 Å². The zero-order valence-corrected chi connectivity index (χ0v) is 36.0. The Morgan fingerprint density at radius 2 is 0.766 bits per heavy atom. The van der Waals surface area contributed by atoms with Gasteiger partial charge in [-0.15, -0.1) is 0 Å². The third-order valence-electron chi connectivity index (χ3n) is 11.3. The van der Waals surface area contributed by atoms with E-state index in [-0.39, 0.29) is 33.0 Å². The molecule has 334 valence electrons.